The first-order chi connectivity index (χ1) is 9.34. The van der Waals surface area contributed by atoms with Crippen molar-refractivity contribution < 1.29 is 4.74 Å². The molecule has 0 amide bonds. The monoisotopic (exact) mass is 250 g/mol. The first-order valence-electron chi connectivity index (χ1n) is 6.22. The maximum atomic E-state index is 5.79. The van der Waals surface area contributed by atoms with Crippen LogP contribution in [0.4, 0.5) is 0 Å². The number of fused-ring (bicyclic) bond motifs is 1. The van der Waals surface area contributed by atoms with Crippen LogP contribution in [0.2, 0.25) is 0 Å². The number of ether oxygens (including phenoxy) is 1. The summed E-state index contributed by atoms with van der Waals surface area (Å²) in [5.74, 6) is 0.588. The fourth-order valence-electron chi connectivity index (χ4n) is 2.06. The third kappa shape index (κ3) is 2.40. The summed E-state index contributed by atoms with van der Waals surface area (Å²) in [6.07, 6.45) is 1.78. The minimum Gasteiger partial charge on any atom is -0.471 e. The van der Waals surface area contributed by atoms with Gasteiger partial charge in [0.2, 0.25) is 5.88 Å². The molecule has 0 fully saturated rings. The molecule has 3 nitrogen and oxygen atoms in total. The van der Waals surface area contributed by atoms with Gasteiger partial charge in [0.25, 0.3) is 0 Å². The lowest BCUT2D eigenvalue weighted by atomic mass is 10.1. The molecule has 3 heteroatoms. The van der Waals surface area contributed by atoms with E-state index in [1.54, 1.807) is 6.20 Å². The van der Waals surface area contributed by atoms with E-state index in [1.807, 2.05) is 42.5 Å². The van der Waals surface area contributed by atoms with Crippen molar-refractivity contribution in [3.63, 3.8) is 0 Å². The van der Waals surface area contributed by atoms with E-state index in [0.717, 1.165) is 16.3 Å². The topological polar surface area (TPSA) is 35.0 Å². The summed E-state index contributed by atoms with van der Waals surface area (Å²) < 4.78 is 5.79. The van der Waals surface area contributed by atoms with Crippen molar-refractivity contribution in [1.29, 1.82) is 0 Å². The molecule has 1 heterocycles. The molecular weight excluding hydrogens is 236 g/mol. The molecule has 0 saturated heterocycles. The number of hydrogen-bond donors (Lipinski definition) is 0. The maximum absolute atomic E-state index is 5.79. The summed E-state index contributed by atoms with van der Waals surface area (Å²) in [5.41, 5.74) is 2.30. The van der Waals surface area contributed by atoms with Crippen molar-refractivity contribution >= 4 is 10.8 Å². The molecule has 0 saturated carbocycles. The molecule has 0 aliphatic carbocycles. The van der Waals surface area contributed by atoms with Gasteiger partial charge in [-0.3, -0.25) is 0 Å². The molecule has 0 aliphatic heterocycles. The second-order valence-electron chi connectivity index (χ2n) is 4.46. The number of hydrogen-bond acceptors (Lipinski definition) is 3. The Balaban J connectivity index is 1.91. The predicted octanol–water partition coefficient (Wildman–Crippen LogP) is 3.52. The highest BCUT2D eigenvalue weighted by Crippen LogP contribution is 2.24. The summed E-state index contributed by atoms with van der Waals surface area (Å²) in [6, 6.07) is 16.1. The van der Waals surface area contributed by atoms with Crippen LogP contribution < -0.4 is 4.74 Å². The van der Waals surface area contributed by atoms with E-state index in [1.165, 1.54) is 5.56 Å². The number of benzene rings is 2. The van der Waals surface area contributed by atoms with Crippen LogP contribution in [0, 0.1) is 6.92 Å². The second-order valence-corrected chi connectivity index (χ2v) is 4.46. The SMILES string of the molecule is Cc1cccc2c(OCc3ccccc3)nncc12. The van der Waals surface area contributed by atoms with Gasteiger partial charge in [-0.05, 0) is 24.1 Å². The van der Waals surface area contributed by atoms with Gasteiger partial charge in [-0.2, -0.15) is 5.10 Å². The van der Waals surface area contributed by atoms with Crippen LogP contribution in [0.25, 0.3) is 10.8 Å². The first-order valence-corrected chi connectivity index (χ1v) is 6.22. The van der Waals surface area contributed by atoms with Crippen LogP contribution in [0.15, 0.2) is 54.7 Å². The third-order valence-electron chi connectivity index (χ3n) is 3.11. The van der Waals surface area contributed by atoms with E-state index in [-0.39, 0.29) is 0 Å². The van der Waals surface area contributed by atoms with E-state index in [4.69, 9.17) is 4.74 Å². The van der Waals surface area contributed by atoms with Gasteiger partial charge in [0.1, 0.15) is 6.61 Å². The van der Waals surface area contributed by atoms with Crippen molar-refractivity contribution in [2.45, 2.75) is 13.5 Å². The van der Waals surface area contributed by atoms with Crippen LogP contribution in [0.1, 0.15) is 11.1 Å². The zero-order valence-corrected chi connectivity index (χ0v) is 10.7. The largest absolute Gasteiger partial charge is 0.471 e. The number of nitrogens with zero attached hydrogens (tertiary/aromatic N) is 2. The molecular formula is C16H14N2O. The molecule has 0 N–H and O–H groups in total. The molecule has 0 atom stereocenters. The van der Waals surface area contributed by atoms with Crippen molar-refractivity contribution in [2.75, 3.05) is 0 Å². The minimum atomic E-state index is 0.503. The standard InChI is InChI=1S/C16H14N2O/c1-12-6-5-9-14-15(12)10-17-18-16(14)19-11-13-7-3-2-4-8-13/h2-10H,11H2,1H3. The van der Waals surface area contributed by atoms with Gasteiger partial charge < -0.3 is 4.74 Å². The van der Waals surface area contributed by atoms with Gasteiger partial charge in [-0.15, -0.1) is 5.10 Å². The summed E-state index contributed by atoms with van der Waals surface area (Å²) >= 11 is 0. The fourth-order valence-corrected chi connectivity index (χ4v) is 2.06. The van der Waals surface area contributed by atoms with Gasteiger partial charge in [0.05, 0.1) is 6.20 Å². The van der Waals surface area contributed by atoms with Crippen LogP contribution in [-0.4, -0.2) is 10.2 Å². The number of aromatic nitrogens is 2. The van der Waals surface area contributed by atoms with Gasteiger partial charge in [0.15, 0.2) is 0 Å². The first kappa shape index (κ1) is 11.7. The third-order valence-corrected chi connectivity index (χ3v) is 3.11. The zero-order chi connectivity index (χ0) is 13.1. The molecule has 3 rings (SSSR count). The maximum Gasteiger partial charge on any atom is 0.241 e. The highest BCUT2D eigenvalue weighted by molar-refractivity contribution is 5.88. The Hall–Kier alpha value is -2.42. The molecule has 0 aliphatic rings. The van der Waals surface area contributed by atoms with Gasteiger partial charge in [0, 0.05) is 10.8 Å². The average Bonchev–Trinajstić information content (AvgIpc) is 2.47. The Morgan fingerprint density at radius 3 is 2.63 bits per heavy atom. The van der Waals surface area contributed by atoms with Crippen molar-refractivity contribution in [3.05, 3.63) is 65.9 Å². The van der Waals surface area contributed by atoms with E-state index in [0.29, 0.717) is 12.5 Å². The Bertz CT molecular complexity index is 695. The van der Waals surface area contributed by atoms with E-state index >= 15 is 0 Å². The van der Waals surface area contributed by atoms with Gasteiger partial charge in [-0.25, -0.2) is 0 Å². The molecule has 0 bridgehead atoms. The molecule has 0 spiro atoms. The molecule has 0 unspecified atom stereocenters. The van der Waals surface area contributed by atoms with Crippen LogP contribution >= 0.6 is 0 Å². The quantitative estimate of drug-likeness (QED) is 0.713. The van der Waals surface area contributed by atoms with Crippen LogP contribution in [-0.2, 0) is 6.61 Å². The molecule has 19 heavy (non-hydrogen) atoms. The molecule has 3 aromatic rings. The zero-order valence-electron chi connectivity index (χ0n) is 10.7. The second kappa shape index (κ2) is 5.06. The molecule has 94 valence electrons. The van der Waals surface area contributed by atoms with E-state index < -0.39 is 0 Å². The summed E-state index contributed by atoms with van der Waals surface area (Å²) in [4.78, 5) is 0. The summed E-state index contributed by atoms with van der Waals surface area (Å²) in [5, 5.41) is 10.2. The molecule has 2 aromatic carbocycles. The summed E-state index contributed by atoms with van der Waals surface area (Å²) in [7, 11) is 0. The Labute approximate surface area is 111 Å². The smallest absolute Gasteiger partial charge is 0.241 e. The highest BCUT2D eigenvalue weighted by Gasteiger charge is 2.06. The molecule has 0 radical (unpaired) electrons. The Morgan fingerprint density at radius 2 is 1.79 bits per heavy atom. The van der Waals surface area contributed by atoms with Gasteiger partial charge in [-0.1, -0.05) is 42.5 Å². The van der Waals surface area contributed by atoms with E-state index in [2.05, 4.69) is 23.2 Å². The highest BCUT2D eigenvalue weighted by atomic mass is 16.5. The lowest BCUT2D eigenvalue weighted by Gasteiger charge is -2.08. The van der Waals surface area contributed by atoms with Gasteiger partial charge >= 0.3 is 0 Å². The average molecular weight is 250 g/mol. The van der Waals surface area contributed by atoms with Crippen molar-refractivity contribution in [3.8, 4) is 5.88 Å². The predicted molar refractivity (Wildman–Crippen MR) is 75.0 cm³/mol. The van der Waals surface area contributed by atoms with Crippen molar-refractivity contribution in [2.24, 2.45) is 0 Å². The molecule has 1 aromatic heterocycles. The lowest BCUT2D eigenvalue weighted by molar-refractivity contribution is 0.294. The van der Waals surface area contributed by atoms with Crippen molar-refractivity contribution in [1.82, 2.24) is 10.2 Å². The van der Waals surface area contributed by atoms with E-state index in [9.17, 15) is 0 Å². The summed E-state index contributed by atoms with van der Waals surface area (Å²) in [6.45, 7) is 2.56. The number of aryl methyl sites for hydroxylation is 1. The fraction of sp³-hybridized carbons (Fsp3) is 0.125. The minimum absolute atomic E-state index is 0.503. The lowest BCUT2D eigenvalue weighted by Crippen LogP contribution is -1.99. The normalized spacial score (nSPS) is 10.6. The Kier molecular flexibility index (Phi) is 3.11. The van der Waals surface area contributed by atoms with Crippen LogP contribution in [0.3, 0.4) is 0 Å². The van der Waals surface area contributed by atoms with Crippen LogP contribution in [0.5, 0.6) is 5.88 Å². The Morgan fingerprint density at radius 1 is 0.947 bits per heavy atom. The number of rotatable bonds is 3.